The van der Waals surface area contributed by atoms with Gasteiger partial charge in [0.1, 0.15) is 0 Å². The Morgan fingerprint density at radius 1 is 1.18 bits per heavy atom. The van der Waals surface area contributed by atoms with Gasteiger partial charge in [-0.05, 0) is 41.7 Å². The Balaban J connectivity index is 2.42. The van der Waals surface area contributed by atoms with Gasteiger partial charge in [0.25, 0.3) is 10.1 Å². The van der Waals surface area contributed by atoms with Crippen LogP contribution in [0.25, 0.3) is 0 Å². The van der Waals surface area contributed by atoms with Crippen LogP contribution in [0.3, 0.4) is 0 Å². The summed E-state index contributed by atoms with van der Waals surface area (Å²) in [4.78, 5) is -1.87. The summed E-state index contributed by atoms with van der Waals surface area (Å²) in [6.07, 6.45) is 4.79. The number of benzene rings is 1. The lowest BCUT2D eigenvalue weighted by Crippen LogP contribution is -2.49. The summed E-state index contributed by atoms with van der Waals surface area (Å²) in [7, 11) is -1.51. The van der Waals surface area contributed by atoms with Gasteiger partial charge in [0.2, 0.25) is 4.93 Å². The van der Waals surface area contributed by atoms with Gasteiger partial charge in [-0.2, -0.15) is 8.42 Å². The van der Waals surface area contributed by atoms with Gasteiger partial charge in [-0.1, -0.05) is 48.8 Å². The van der Waals surface area contributed by atoms with Crippen LogP contribution in [0.1, 0.15) is 26.3 Å². The molecule has 0 aliphatic heterocycles. The zero-order chi connectivity index (χ0) is 21.1. The first-order valence-corrected chi connectivity index (χ1v) is 11.2. The molecule has 2 rings (SSSR count). The average molecular weight is 475 g/mol. The molecule has 1 aliphatic rings. The van der Waals surface area contributed by atoms with Gasteiger partial charge in [0.05, 0.1) is 20.8 Å². The Hall–Kier alpha value is -1.35. The van der Waals surface area contributed by atoms with Gasteiger partial charge in [-0.15, -0.1) is 0 Å². The molecule has 0 fully saturated rings. The highest BCUT2D eigenvalue weighted by Crippen LogP contribution is 2.43. The number of hydrogen-bond donors (Lipinski definition) is 1. The van der Waals surface area contributed by atoms with Crippen LogP contribution in [0, 0.1) is 17.8 Å². The highest BCUT2D eigenvalue weighted by atomic mass is 79.9. The van der Waals surface area contributed by atoms with Gasteiger partial charge in [0.15, 0.2) is 11.5 Å². The lowest BCUT2D eigenvalue weighted by molar-refractivity contribution is -0.0148. The monoisotopic (exact) mass is 474 g/mol. The SMILES string of the molecule is COc1ccc(CO[C@@]2(S(=O)(=O)O)C=CC(Br)=CC2C(C)C(C)C)cc1OC. The minimum Gasteiger partial charge on any atom is -0.493 e. The van der Waals surface area contributed by atoms with Crippen molar-refractivity contribution in [1.29, 1.82) is 0 Å². The van der Waals surface area contributed by atoms with E-state index in [1.165, 1.54) is 20.3 Å². The first-order chi connectivity index (χ1) is 13.1. The minimum absolute atomic E-state index is 0.0305. The molecule has 8 heteroatoms. The minimum atomic E-state index is -4.57. The molecule has 1 aliphatic carbocycles. The Morgan fingerprint density at radius 2 is 1.82 bits per heavy atom. The standard InChI is InChI=1S/C20H27BrO6S/c1-13(2)14(3)17-11-16(21)8-9-20(17,28(22,23)24)27-12-15-6-7-18(25-4)19(10-15)26-5/h6-11,13-14,17H,12H2,1-5H3,(H,22,23,24)/t14?,17?,20-/m1/s1. The molecule has 0 saturated heterocycles. The zero-order valence-electron chi connectivity index (χ0n) is 16.7. The molecule has 156 valence electrons. The highest BCUT2D eigenvalue weighted by molar-refractivity contribution is 9.11. The summed E-state index contributed by atoms with van der Waals surface area (Å²) in [5, 5.41) is 0. The van der Waals surface area contributed by atoms with Crippen molar-refractivity contribution in [2.24, 2.45) is 17.8 Å². The van der Waals surface area contributed by atoms with E-state index in [9.17, 15) is 13.0 Å². The molecule has 0 saturated carbocycles. The molecule has 2 unspecified atom stereocenters. The number of ether oxygens (including phenoxy) is 3. The normalized spacial score (nSPS) is 23.4. The summed E-state index contributed by atoms with van der Waals surface area (Å²) in [6.45, 7) is 5.93. The zero-order valence-corrected chi connectivity index (χ0v) is 19.1. The maximum absolute atomic E-state index is 12.5. The Morgan fingerprint density at radius 3 is 2.36 bits per heavy atom. The Bertz CT molecular complexity index is 861. The predicted molar refractivity (Wildman–Crippen MR) is 112 cm³/mol. The number of halogens is 1. The van der Waals surface area contributed by atoms with Gasteiger partial charge in [0, 0.05) is 10.4 Å². The maximum Gasteiger partial charge on any atom is 0.299 e. The molecule has 0 heterocycles. The van der Waals surface area contributed by atoms with E-state index in [-0.39, 0.29) is 18.4 Å². The van der Waals surface area contributed by atoms with E-state index < -0.39 is 21.0 Å². The van der Waals surface area contributed by atoms with Crippen LogP contribution in [0.2, 0.25) is 0 Å². The lowest BCUT2D eigenvalue weighted by atomic mass is 9.79. The molecule has 0 spiro atoms. The Kier molecular flexibility index (Phi) is 7.36. The van der Waals surface area contributed by atoms with E-state index in [1.807, 2.05) is 20.8 Å². The number of methoxy groups -OCH3 is 2. The van der Waals surface area contributed by atoms with Crippen molar-refractivity contribution in [2.45, 2.75) is 32.3 Å². The van der Waals surface area contributed by atoms with Crippen molar-refractivity contribution in [3.05, 3.63) is 46.5 Å². The van der Waals surface area contributed by atoms with E-state index in [0.29, 0.717) is 17.1 Å². The first-order valence-electron chi connectivity index (χ1n) is 8.94. The molecule has 3 atom stereocenters. The van der Waals surface area contributed by atoms with Gasteiger partial charge in [-0.3, -0.25) is 4.55 Å². The Labute approximate surface area is 175 Å². The van der Waals surface area contributed by atoms with E-state index in [2.05, 4.69) is 15.9 Å². The second-order valence-electron chi connectivity index (χ2n) is 7.19. The number of rotatable bonds is 8. The van der Waals surface area contributed by atoms with E-state index >= 15 is 0 Å². The van der Waals surface area contributed by atoms with Crippen molar-refractivity contribution in [2.75, 3.05) is 14.2 Å². The maximum atomic E-state index is 12.5. The fourth-order valence-electron chi connectivity index (χ4n) is 3.23. The second kappa shape index (κ2) is 8.98. The quantitative estimate of drug-likeness (QED) is 0.555. The summed E-state index contributed by atoms with van der Waals surface area (Å²) >= 11 is 3.41. The van der Waals surface area contributed by atoms with Gasteiger partial charge >= 0.3 is 0 Å². The van der Waals surface area contributed by atoms with Crippen molar-refractivity contribution in [1.82, 2.24) is 0 Å². The van der Waals surface area contributed by atoms with Crippen LogP contribution in [-0.2, 0) is 21.5 Å². The third kappa shape index (κ3) is 4.62. The molecule has 1 N–H and O–H groups in total. The molecular weight excluding hydrogens is 448 g/mol. The summed E-state index contributed by atoms with van der Waals surface area (Å²) in [5.74, 6) is 0.621. The fraction of sp³-hybridized carbons (Fsp3) is 0.500. The van der Waals surface area contributed by atoms with E-state index in [0.717, 1.165) is 4.48 Å². The third-order valence-corrected chi connectivity index (χ3v) is 7.07. The molecule has 1 aromatic carbocycles. The molecule has 0 radical (unpaired) electrons. The van der Waals surface area contributed by atoms with Crippen LogP contribution in [0.15, 0.2) is 40.9 Å². The predicted octanol–water partition coefficient (Wildman–Crippen LogP) is 4.56. The smallest absolute Gasteiger partial charge is 0.299 e. The summed E-state index contributed by atoms with van der Waals surface area (Å²) < 4.78 is 52.3. The fourth-order valence-corrected chi connectivity index (χ4v) is 4.72. The second-order valence-corrected chi connectivity index (χ2v) is 9.69. The van der Waals surface area contributed by atoms with Crippen LogP contribution < -0.4 is 9.47 Å². The average Bonchev–Trinajstić information content (AvgIpc) is 2.65. The van der Waals surface area contributed by atoms with Crippen molar-refractivity contribution >= 4 is 26.0 Å². The molecule has 0 amide bonds. The third-order valence-electron chi connectivity index (χ3n) is 5.21. The highest BCUT2D eigenvalue weighted by Gasteiger charge is 2.52. The van der Waals surface area contributed by atoms with Crippen molar-refractivity contribution in [3.63, 3.8) is 0 Å². The van der Waals surface area contributed by atoms with Crippen LogP contribution in [0.5, 0.6) is 11.5 Å². The molecule has 0 bridgehead atoms. The van der Waals surface area contributed by atoms with Crippen LogP contribution in [0.4, 0.5) is 0 Å². The van der Waals surface area contributed by atoms with Gasteiger partial charge < -0.3 is 14.2 Å². The van der Waals surface area contributed by atoms with Crippen LogP contribution in [-0.4, -0.2) is 32.1 Å². The molecule has 28 heavy (non-hydrogen) atoms. The van der Waals surface area contributed by atoms with E-state index in [4.69, 9.17) is 14.2 Å². The van der Waals surface area contributed by atoms with Crippen molar-refractivity contribution in [3.8, 4) is 11.5 Å². The summed E-state index contributed by atoms with van der Waals surface area (Å²) in [5.41, 5.74) is 0.693. The number of hydrogen-bond acceptors (Lipinski definition) is 5. The number of allylic oxidation sites excluding steroid dienone is 2. The molecule has 0 aromatic heterocycles. The topological polar surface area (TPSA) is 82.1 Å². The molecule has 6 nitrogen and oxygen atoms in total. The first kappa shape index (κ1) is 22.9. The van der Waals surface area contributed by atoms with E-state index in [1.54, 1.807) is 30.4 Å². The summed E-state index contributed by atoms with van der Waals surface area (Å²) in [6, 6.07) is 5.20. The van der Waals surface area contributed by atoms with Crippen molar-refractivity contribution < 1.29 is 27.2 Å². The molecule has 1 aromatic rings. The van der Waals surface area contributed by atoms with Crippen LogP contribution >= 0.6 is 15.9 Å². The molecular formula is C20H27BrO6S. The van der Waals surface area contributed by atoms with Gasteiger partial charge in [-0.25, -0.2) is 0 Å². The lowest BCUT2D eigenvalue weighted by Gasteiger charge is -2.40. The largest absolute Gasteiger partial charge is 0.493 e.